The number of pyridine rings is 1. The Hall–Kier alpha value is -2.90. The highest BCUT2D eigenvalue weighted by atomic mass is 19.4. The van der Waals surface area contributed by atoms with Crippen molar-refractivity contribution in [2.45, 2.75) is 39.4 Å². The second-order valence-corrected chi connectivity index (χ2v) is 6.82. The van der Waals surface area contributed by atoms with E-state index in [4.69, 9.17) is 0 Å². The van der Waals surface area contributed by atoms with Crippen LogP contribution in [0.2, 0.25) is 0 Å². The van der Waals surface area contributed by atoms with Gasteiger partial charge in [-0.1, -0.05) is 26.0 Å². The predicted octanol–water partition coefficient (Wildman–Crippen LogP) is 4.77. The van der Waals surface area contributed by atoms with Gasteiger partial charge < -0.3 is 4.90 Å². The molecule has 1 amide bonds. The summed E-state index contributed by atoms with van der Waals surface area (Å²) in [4.78, 5) is 23.6. The minimum absolute atomic E-state index is 0.0316. The molecule has 0 spiro atoms. The molecule has 0 N–H and O–H groups in total. The normalized spacial score (nSPS) is 11.8. The Morgan fingerprint density at radius 2 is 1.72 bits per heavy atom. The maximum Gasteiger partial charge on any atom is 0.416 e. The number of rotatable bonds is 7. The Balaban J connectivity index is 2.01. The van der Waals surface area contributed by atoms with Gasteiger partial charge in [0.15, 0.2) is 5.65 Å². The molecule has 2 aromatic heterocycles. The van der Waals surface area contributed by atoms with E-state index >= 15 is 0 Å². The molecule has 1 aromatic carbocycles. The first kappa shape index (κ1) is 20.8. The van der Waals surface area contributed by atoms with E-state index in [-0.39, 0.29) is 12.5 Å². The van der Waals surface area contributed by atoms with Crippen LogP contribution in [0.15, 0.2) is 42.6 Å². The number of carbonyl (C=O) groups excluding carboxylic acids is 1. The van der Waals surface area contributed by atoms with E-state index in [1.807, 2.05) is 13.8 Å². The first-order valence-electron chi connectivity index (χ1n) is 9.61. The van der Waals surface area contributed by atoms with Gasteiger partial charge in [0, 0.05) is 24.8 Å². The van der Waals surface area contributed by atoms with Crippen molar-refractivity contribution in [3.63, 3.8) is 0 Å². The number of aromatic nitrogens is 3. The van der Waals surface area contributed by atoms with Gasteiger partial charge in [0.1, 0.15) is 17.9 Å². The zero-order chi connectivity index (χ0) is 21.0. The maximum atomic E-state index is 12.9. The standard InChI is InChI=1S/C21H23F3N4O/c1-3-12-27(13-4-2)18(29)14-28-19(26-17-6-5-11-25-20(17)28)15-7-9-16(10-8-15)21(22,23)24/h5-11H,3-4,12-14H2,1-2H3. The van der Waals surface area contributed by atoms with Crippen LogP contribution in [0.1, 0.15) is 32.3 Å². The van der Waals surface area contributed by atoms with Gasteiger partial charge >= 0.3 is 6.18 Å². The maximum absolute atomic E-state index is 12.9. The third-order valence-corrected chi connectivity index (χ3v) is 4.61. The molecule has 29 heavy (non-hydrogen) atoms. The molecule has 5 nitrogen and oxygen atoms in total. The van der Waals surface area contributed by atoms with Gasteiger partial charge in [0.25, 0.3) is 0 Å². The summed E-state index contributed by atoms with van der Waals surface area (Å²) in [5, 5.41) is 0. The van der Waals surface area contributed by atoms with Crippen molar-refractivity contribution in [3.05, 3.63) is 48.2 Å². The molecule has 154 valence electrons. The number of carbonyl (C=O) groups is 1. The fourth-order valence-electron chi connectivity index (χ4n) is 3.27. The molecule has 0 atom stereocenters. The number of benzene rings is 1. The van der Waals surface area contributed by atoms with Crippen LogP contribution in [0.5, 0.6) is 0 Å². The third kappa shape index (κ3) is 4.58. The smallest absolute Gasteiger partial charge is 0.341 e. The van der Waals surface area contributed by atoms with Gasteiger partial charge in [0.05, 0.1) is 5.56 Å². The van der Waals surface area contributed by atoms with Crippen LogP contribution in [0.3, 0.4) is 0 Å². The highest BCUT2D eigenvalue weighted by Crippen LogP contribution is 2.31. The quantitative estimate of drug-likeness (QED) is 0.570. The van der Waals surface area contributed by atoms with E-state index in [1.165, 1.54) is 12.1 Å². The summed E-state index contributed by atoms with van der Waals surface area (Å²) in [5.41, 5.74) is 0.896. The molecule has 3 aromatic rings. The van der Waals surface area contributed by atoms with Gasteiger partial charge in [0.2, 0.25) is 5.91 Å². The average molecular weight is 404 g/mol. The van der Waals surface area contributed by atoms with Crippen LogP contribution in [-0.2, 0) is 17.5 Å². The number of hydrogen-bond donors (Lipinski definition) is 0. The Bertz CT molecular complexity index is 974. The molecular weight excluding hydrogens is 381 g/mol. The topological polar surface area (TPSA) is 51.0 Å². The second kappa shape index (κ2) is 8.63. The number of imidazole rings is 1. The number of alkyl halides is 3. The zero-order valence-corrected chi connectivity index (χ0v) is 16.4. The van der Waals surface area contributed by atoms with Crippen LogP contribution in [-0.4, -0.2) is 38.4 Å². The SMILES string of the molecule is CCCN(CCC)C(=O)Cn1c(-c2ccc(C(F)(F)F)cc2)nc2cccnc21. The van der Waals surface area contributed by atoms with Crippen LogP contribution < -0.4 is 0 Å². The number of amides is 1. The van der Waals surface area contributed by atoms with Gasteiger partial charge in [-0.15, -0.1) is 0 Å². The van der Waals surface area contributed by atoms with Crippen molar-refractivity contribution < 1.29 is 18.0 Å². The fourth-order valence-corrected chi connectivity index (χ4v) is 3.27. The Labute approximate surface area is 167 Å². The van der Waals surface area contributed by atoms with Gasteiger partial charge in [-0.25, -0.2) is 9.97 Å². The van der Waals surface area contributed by atoms with Crippen molar-refractivity contribution in [3.8, 4) is 11.4 Å². The highest BCUT2D eigenvalue weighted by molar-refractivity contribution is 5.82. The molecule has 2 heterocycles. The lowest BCUT2D eigenvalue weighted by Gasteiger charge is -2.22. The summed E-state index contributed by atoms with van der Waals surface area (Å²) < 4.78 is 40.4. The van der Waals surface area contributed by atoms with Crippen molar-refractivity contribution in [1.29, 1.82) is 0 Å². The number of nitrogens with zero attached hydrogens (tertiary/aromatic N) is 4. The monoisotopic (exact) mass is 404 g/mol. The summed E-state index contributed by atoms with van der Waals surface area (Å²) in [6, 6.07) is 8.30. The molecule has 0 unspecified atom stereocenters. The van der Waals surface area contributed by atoms with E-state index in [9.17, 15) is 18.0 Å². The molecule has 8 heteroatoms. The molecule has 0 radical (unpaired) electrons. The Kier molecular flexibility index (Phi) is 6.20. The molecule has 0 aliphatic carbocycles. The number of fused-ring (bicyclic) bond motifs is 1. The molecule has 0 aliphatic rings. The minimum atomic E-state index is -4.41. The van der Waals surface area contributed by atoms with E-state index < -0.39 is 11.7 Å². The van der Waals surface area contributed by atoms with Crippen LogP contribution in [0, 0.1) is 0 Å². The number of hydrogen-bond acceptors (Lipinski definition) is 3. The minimum Gasteiger partial charge on any atom is -0.341 e. The Morgan fingerprint density at radius 1 is 1.07 bits per heavy atom. The van der Waals surface area contributed by atoms with Crippen LogP contribution in [0.4, 0.5) is 13.2 Å². The molecular formula is C21H23F3N4O. The van der Waals surface area contributed by atoms with Gasteiger partial charge in [-0.2, -0.15) is 13.2 Å². The van der Waals surface area contributed by atoms with E-state index in [0.717, 1.165) is 25.0 Å². The Morgan fingerprint density at radius 3 is 2.31 bits per heavy atom. The molecule has 0 aliphatic heterocycles. The summed E-state index contributed by atoms with van der Waals surface area (Å²) in [5.74, 6) is 0.362. The predicted molar refractivity (Wildman–Crippen MR) is 105 cm³/mol. The molecule has 0 saturated carbocycles. The van der Waals surface area contributed by atoms with E-state index in [2.05, 4.69) is 9.97 Å². The first-order chi connectivity index (χ1) is 13.8. The summed E-state index contributed by atoms with van der Waals surface area (Å²) >= 11 is 0. The average Bonchev–Trinajstić information content (AvgIpc) is 3.06. The highest BCUT2D eigenvalue weighted by Gasteiger charge is 2.30. The zero-order valence-electron chi connectivity index (χ0n) is 16.4. The summed E-state index contributed by atoms with van der Waals surface area (Å²) in [6.07, 6.45) is -1.10. The van der Waals surface area contributed by atoms with Crippen molar-refractivity contribution in [2.75, 3.05) is 13.1 Å². The van der Waals surface area contributed by atoms with Crippen LogP contribution in [0.25, 0.3) is 22.6 Å². The first-order valence-corrected chi connectivity index (χ1v) is 9.61. The van der Waals surface area contributed by atoms with Crippen molar-refractivity contribution in [2.24, 2.45) is 0 Å². The lowest BCUT2D eigenvalue weighted by Crippen LogP contribution is -2.35. The lowest BCUT2D eigenvalue weighted by molar-refractivity contribution is -0.137. The number of halogens is 3. The molecule has 0 saturated heterocycles. The van der Waals surface area contributed by atoms with Crippen molar-refractivity contribution >= 4 is 17.1 Å². The molecule has 0 bridgehead atoms. The van der Waals surface area contributed by atoms with Crippen molar-refractivity contribution in [1.82, 2.24) is 19.4 Å². The molecule has 0 fully saturated rings. The summed E-state index contributed by atoms with van der Waals surface area (Å²) in [7, 11) is 0. The fraction of sp³-hybridized carbons (Fsp3) is 0.381. The second-order valence-electron chi connectivity index (χ2n) is 6.82. The van der Waals surface area contributed by atoms with Gasteiger partial charge in [-0.3, -0.25) is 9.36 Å². The largest absolute Gasteiger partial charge is 0.416 e. The van der Waals surface area contributed by atoms with Crippen LogP contribution >= 0.6 is 0 Å². The lowest BCUT2D eigenvalue weighted by atomic mass is 10.1. The van der Waals surface area contributed by atoms with E-state index in [0.29, 0.717) is 35.6 Å². The molecule has 3 rings (SSSR count). The third-order valence-electron chi connectivity index (χ3n) is 4.61. The van der Waals surface area contributed by atoms with E-state index in [1.54, 1.807) is 27.8 Å². The van der Waals surface area contributed by atoms with Gasteiger partial charge in [-0.05, 0) is 37.1 Å². The summed E-state index contributed by atoms with van der Waals surface area (Å²) in [6.45, 7) is 5.37.